The molecule has 112 valence electrons. The van der Waals surface area contributed by atoms with Crippen LogP contribution in [0.25, 0.3) is 16.6 Å². The molecule has 0 fully saturated rings. The maximum Gasteiger partial charge on any atom is 0.307 e. The molecule has 0 amide bonds. The Hall–Kier alpha value is -2.75. The molecule has 4 nitrogen and oxygen atoms in total. The first kappa shape index (κ1) is 14.2. The van der Waals surface area contributed by atoms with Crippen molar-refractivity contribution in [3.63, 3.8) is 0 Å². The van der Waals surface area contributed by atoms with Crippen LogP contribution in [-0.2, 0) is 11.2 Å². The second kappa shape index (κ2) is 5.56. The molecule has 1 N–H and O–H groups in total. The van der Waals surface area contributed by atoms with Crippen molar-refractivity contribution in [1.82, 2.24) is 4.57 Å². The quantitative estimate of drug-likeness (QED) is 0.800. The number of para-hydroxylation sites is 1. The fourth-order valence-electron chi connectivity index (χ4n) is 2.87. The number of benzene rings is 2. The van der Waals surface area contributed by atoms with Crippen LogP contribution in [0, 0.1) is 6.92 Å². The second-order valence-electron chi connectivity index (χ2n) is 5.19. The lowest BCUT2D eigenvalue weighted by molar-refractivity contribution is -0.136. The maximum atomic E-state index is 11.2. The summed E-state index contributed by atoms with van der Waals surface area (Å²) in [5.41, 5.74) is 3.77. The molecule has 4 heteroatoms. The molecule has 0 atom stereocenters. The number of carbonyl (C=O) groups is 1. The summed E-state index contributed by atoms with van der Waals surface area (Å²) in [6, 6.07) is 15.7. The molecule has 3 rings (SSSR count). The third-order valence-corrected chi connectivity index (χ3v) is 3.88. The van der Waals surface area contributed by atoms with Crippen molar-refractivity contribution in [3.8, 4) is 11.4 Å². The van der Waals surface area contributed by atoms with Gasteiger partial charge in [0.2, 0.25) is 0 Å². The molecule has 2 aromatic carbocycles. The molecule has 0 spiro atoms. The lowest BCUT2D eigenvalue weighted by Crippen LogP contribution is -2.02. The highest BCUT2D eigenvalue weighted by molar-refractivity contribution is 5.91. The van der Waals surface area contributed by atoms with Gasteiger partial charge in [0, 0.05) is 16.8 Å². The maximum absolute atomic E-state index is 11.2. The molecule has 0 aliphatic carbocycles. The van der Waals surface area contributed by atoms with Gasteiger partial charge in [-0.15, -0.1) is 0 Å². The molecule has 3 aromatic rings. The normalized spacial score (nSPS) is 10.8. The Morgan fingerprint density at radius 3 is 2.55 bits per heavy atom. The highest BCUT2D eigenvalue weighted by Crippen LogP contribution is 2.32. The van der Waals surface area contributed by atoms with Crippen LogP contribution in [0.5, 0.6) is 5.75 Å². The predicted octanol–water partition coefficient (Wildman–Crippen LogP) is 3.57. The average Bonchev–Trinajstić information content (AvgIpc) is 2.79. The van der Waals surface area contributed by atoms with Crippen LogP contribution in [0.2, 0.25) is 0 Å². The predicted molar refractivity (Wildman–Crippen MR) is 85.9 cm³/mol. The van der Waals surface area contributed by atoms with Crippen molar-refractivity contribution >= 4 is 16.9 Å². The van der Waals surface area contributed by atoms with E-state index in [1.54, 1.807) is 7.11 Å². The molecule has 0 unspecified atom stereocenters. The highest BCUT2D eigenvalue weighted by Gasteiger charge is 2.17. The van der Waals surface area contributed by atoms with Gasteiger partial charge in [0.25, 0.3) is 0 Å². The van der Waals surface area contributed by atoms with Gasteiger partial charge < -0.3 is 14.4 Å². The summed E-state index contributed by atoms with van der Waals surface area (Å²) < 4.78 is 7.37. The number of rotatable bonds is 4. The molecule has 0 aliphatic heterocycles. The summed E-state index contributed by atoms with van der Waals surface area (Å²) in [6.45, 7) is 1.96. The number of methoxy groups -OCH3 is 1. The van der Waals surface area contributed by atoms with E-state index in [1.807, 2.05) is 55.5 Å². The van der Waals surface area contributed by atoms with E-state index in [9.17, 15) is 9.90 Å². The fraction of sp³-hybridized carbons (Fsp3) is 0.167. The van der Waals surface area contributed by atoms with Crippen molar-refractivity contribution in [3.05, 3.63) is 59.8 Å². The number of nitrogens with zero attached hydrogens (tertiary/aromatic N) is 1. The topological polar surface area (TPSA) is 51.5 Å². The molecule has 0 saturated carbocycles. The average molecular weight is 295 g/mol. The van der Waals surface area contributed by atoms with Crippen LogP contribution in [0.1, 0.15) is 11.3 Å². The fourth-order valence-corrected chi connectivity index (χ4v) is 2.87. The molecule has 1 heterocycles. The van der Waals surface area contributed by atoms with E-state index in [1.165, 1.54) is 0 Å². The minimum absolute atomic E-state index is 0.00463. The van der Waals surface area contributed by atoms with Crippen molar-refractivity contribution in [1.29, 1.82) is 0 Å². The highest BCUT2D eigenvalue weighted by atomic mass is 16.5. The summed E-state index contributed by atoms with van der Waals surface area (Å²) in [4.78, 5) is 11.2. The summed E-state index contributed by atoms with van der Waals surface area (Å²) in [5, 5.41) is 10.1. The van der Waals surface area contributed by atoms with Gasteiger partial charge in [0.1, 0.15) is 5.75 Å². The summed E-state index contributed by atoms with van der Waals surface area (Å²) in [7, 11) is 1.61. The number of carboxylic acid groups (broad SMARTS) is 1. The number of hydrogen-bond acceptors (Lipinski definition) is 2. The number of aromatic nitrogens is 1. The van der Waals surface area contributed by atoms with Gasteiger partial charge in [-0.2, -0.15) is 0 Å². The van der Waals surface area contributed by atoms with Crippen LogP contribution < -0.4 is 4.74 Å². The molecule has 0 aliphatic rings. The van der Waals surface area contributed by atoms with Crippen LogP contribution in [-0.4, -0.2) is 22.8 Å². The lowest BCUT2D eigenvalue weighted by Gasteiger charge is -2.08. The van der Waals surface area contributed by atoms with Gasteiger partial charge in [0.15, 0.2) is 0 Å². The van der Waals surface area contributed by atoms with Crippen LogP contribution >= 0.6 is 0 Å². The monoisotopic (exact) mass is 295 g/mol. The lowest BCUT2D eigenvalue weighted by atomic mass is 10.1. The van der Waals surface area contributed by atoms with E-state index in [2.05, 4.69) is 4.57 Å². The van der Waals surface area contributed by atoms with Crippen LogP contribution in [0.15, 0.2) is 48.5 Å². The van der Waals surface area contributed by atoms with E-state index < -0.39 is 5.97 Å². The molecular formula is C18H17NO3. The van der Waals surface area contributed by atoms with E-state index in [0.717, 1.165) is 33.6 Å². The zero-order valence-corrected chi connectivity index (χ0v) is 12.5. The minimum Gasteiger partial charge on any atom is -0.497 e. The van der Waals surface area contributed by atoms with Gasteiger partial charge in [-0.05, 0) is 42.8 Å². The van der Waals surface area contributed by atoms with E-state index >= 15 is 0 Å². The van der Waals surface area contributed by atoms with Crippen LogP contribution in [0.3, 0.4) is 0 Å². The third kappa shape index (κ3) is 2.33. The molecule has 0 radical (unpaired) electrons. The molecular weight excluding hydrogens is 278 g/mol. The molecule has 22 heavy (non-hydrogen) atoms. The van der Waals surface area contributed by atoms with Gasteiger partial charge in [-0.1, -0.05) is 18.2 Å². The minimum atomic E-state index is -0.835. The molecule has 0 saturated heterocycles. The van der Waals surface area contributed by atoms with Crippen molar-refractivity contribution in [2.24, 2.45) is 0 Å². The van der Waals surface area contributed by atoms with Crippen LogP contribution in [0.4, 0.5) is 0 Å². The first-order valence-electron chi connectivity index (χ1n) is 7.07. The van der Waals surface area contributed by atoms with E-state index in [-0.39, 0.29) is 6.42 Å². The Balaban J connectivity index is 2.33. The Kier molecular flexibility index (Phi) is 3.59. The Bertz CT molecular complexity index is 834. The first-order valence-corrected chi connectivity index (χ1v) is 7.07. The molecule has 0 bridgehead atoms. The van der Waals surface area contributed by atoms with Gasteiger partial charge >= 0.3 is 5.97 Å². The number of carboxylic acids is 1. The smallest absolute Gasteiger partial charge is 0.307 e. The molecule has 1 aromatic heterocycles. The van der Waals surface area contributed by atoms with Crippen molar-refractivity contribution in [2.75, 3.05) is 7.11 Å². The van der Waals surface area contributed by atoms with Crippen molar-refractivity contribution < 1.29 is 14.6 Å². The largest absolute Gasteiger partial charge is 0.497 e. The number of aliphatic carboxylic acids is 1. The first-order chi connectivity index (χ1) is 10.6. The zero-order chi connectivity index (χ0) is 15.7. The number of ether oxygens (including phenoxy) is 1. The SMILES string of the molecule is COc1ccc2c(c1)c(CC(=O)O)c(C)n2-c1ccccc1. The van der Waals surface area contributed by atoms with E-state index in [0.29, 0.717) is 0 Å². The summed E-state index contributed by atoms with van der Waals surface area (Å²) >= 11 is 0. The summed E-state index contributed by atoms with van der Waals surface area (Å²) in [5.74, 6) is -0.109. The zero-order valence-electron chi connectivity index (χ0n) is 12.5. The summed E-state index contributed by atoms with van der Waals surface area (Å²) in [6.07, 6.45) is -0.00463. The Morgan fingerprint density at radius 2 is 1.91 bits per heavy atom. The Labute approximate surface area is 128 Å². The third-order valence-electron chi connectivity index (χ3n) is 3.88. The Morgan fingerprint density at radius 1 is 1.18 bits per heavy atom. The van der Waals surface area contributed by atoms with Crippen molar-refractivity contribution in [2.45, 2.75) is 13.3 Å². The van der Waals surface area contributed by atoms with Gasteiger partial charge in [0.05, 0.1) is 19.0 Å². The van der Waals surface area contributed by atoms with E-state index in [4.69, 9.17) is 4.74 Å². The number of hydrogen-bond donors (Lipinski definition) is 1. The standard InChI is InChI=1S/C18H17NO3/c1-12-15(11-18(20)21)16-10-14(22-2)8-9-17(16)19(12)13-6-4-3-5-7-13/h3-10H,11H2,1-2H3,(H,20,21). The second-order valence-corrected chi connectivity index (χ2v) is 5.19. The number of fused-ring (bicyclic) bond motifs is 1. The van der Waals surface area contributed by atoms with Gasteiger partial charge in [-0.3, -0.25) is 4.79 Å². The van der Waals surface area contributed by atoms with Gasteiger partial charge in [-0.25, -0.2) is 0 Å².